The van der Waals surface area contributed by atoms with E-state index in [-0.39, 0.29) is 0 Å². The molecule has 1 aromatic heterocycles. The van der Waals surface area contributed by atoms with Gasteiger partial charge in [0.2, 0.25) is 0 Å². The fourth-order valence-electron chi connectivity index (χ4n) is 1.80. The van der Waals surface area contributed by atoms with Gasteiger partial charge in [-0.1, -0.05) is 37.3 Å². The van der Waals surface area contributed by atoms with Gasteiger partial charge in [0.1, 0.15) is 4.64 Å². The standard InChI is InChI=1S/C12H13NS/c1-3-9-5-4-6-10-8(2)7-11(14)13-12(9)10/h4-7H,3H2,1-2H3,(H,13,14). The lowest BCUT2D eigenvalue weighted by atomic mass is 10.0. The minimum Gasteiger partial charge on any atom is -0.346 e. The first-order valence-corrected chi connectivity index (χ1v) is 5.24. The van der Waals surface area contributed by atoms with Crippen molar-refractivity contribution in [3.05, 3.63) is 40.0 Å². The molecule has 0 saturated carbocycles. The summed E-state index contributed by atoms with van der Waals surface area (Å²) in [6, 6.07) is 8.39. The van der Waals surface area contributed by atoms with Crippen molar-refractivity contribution in [3.63, 3.8) is 0 Å². The second kappa shape index (κ2) is 3.54. The number of rotatable bonds is 1. The van der Waals surface area contributed by atoms with E-state index in [4.69, 9.17) is 12.2 Å². The molecule has 14 heavy (non-hydrogen) atoms. The number of benzene rings is 1. The molecule has 0 atom stereocenters. The van der Waals surface area contributed by atoms with Crippen LogP contribution in [0.2, 0.25) is 0 Å². The van der Waals surface area contributed by atoms with Crippen LogP contribution in [0.5, 0.6) is 0 Å². The Morgan fingerprint density at radius 3 is 2.86 bits per heavy atom. The van der Waals surface area contributed by atoms with Gasteiger partial charge in [-0.05, 0) is 30.5 Å². The fraction of sp³-hybridized carbons (Fsp3) is 0.250. The van der Waals surface area contributed by atoms with Gasteiger partial charge in [-0.15, -0.1) is 0 Å². The largest absolute Gasteiger partial charge is 0.346 e. The highest BCUT2D eigenvalue weighted by molar-refractivity contribution is 7.71. The van der Waals surface area contributed by atoms with Crippen molar-refractivity contribution >= 4 is 23.1 Å². The number of pyridine rings is 1. The normalized spacial score (nSPS) is 10.7. The average molecular weight is 203 g/mol. The Balaban J connectivity index is 2.93. The van der Waals surface area contributed by atoms with Gasteiger partial charge in [0, 0.05) is 10.9 Å². The van der Waals surface area contributed by atoms with Crippen LogP contribution >= 0.6 is 12.2 Å². The molecule has 0 aliphatic heterocycles. The van der Waals surface area contributed by atoms with E-state index in [1.54, 1.807) is 0 Å². The van der Waals surface area contributed by atoms with E-state index < -0.39 is 0 Å². The number of H-pyrrole nitrogens is 1. The first-order chi connectivity index (χ1) is 6.72. The number of hydrogen-bond acceptors (Lipinski definition) is 1. The summed E-state index contributed by atoms with van der Waals surface area (Å²) in [6.07, 6.45) is 1.03. The molecule has 1 heterocycles. The lowest BCUT2D eigenvalue weighted by molar-refractivity contribution is 1.14. The molecule has 2 heteroatoms. The highest BCUT2D eigenvalue weighted by atomic mass is 32.1. The van der Waals surface area contributed by atoms with Crippen LogP contribution in [0.25, 0.3) is 10.9 Å². The van der Waals surface area contributed by atoms with Crippen LogP contribution in [0.1, 0.15) is 18.1 Å². The second-order valence-corrected chi connectivity index (χ2v) is 3.95. The van der Waals surface area contributed by atoms with E-state index in [1.807, 2.05) is 6.07 Å². The van der Waals surface area contributed by atoms with Crippen molar-refractivity contribution in [2.75, 3.05) is 0 Å². The minimum absolute atomic E-state index is 0.816. The Bertz CT molecular complexity index is 525. The van der Waals surface area contributed by atoms with Gasteiger partial charge in [0.15, 0.2) is 0 Å². The Morgan fingerprint density at radius 1 is 1.36 bits per heavy atom. The maximum atomic E-state index is 5.18. The highest BCUT2D eigenvalue weighted by Crippen LogP contribution is 2.20. The van der Waals surface area contributed by atoms with E-state index in [9.17, 15) is 0 Å². The van der Waals surface area contributed by atoms with Crippen LogP contribution in [0.3, 0.4) is 0 Å². The molecule has 0 unspecified atom stereocenters. The molecule has 1 nitrogen and oxygen atoms in total. The van der Waals surface area contributed by atoms with Crippen LogP contribution < -0.4 is 0 Å². The van der Waals surface area contributed by atoms with E-state index in [2.05, 4.69) is 37.0 Å². The second-order valence-electron chi connectivity index (χ2n) is 3.51. The van der Waals surface area contributed by atoms with Gasteiger partial charge in [0.05, 0.1) is 0 Å². The first kappa shape index (κ1) is 9.41. The average Bonchev–Trinajstić information content (AvgIpc) is 2.17. The number of para-hydroxylation sites is 1. The topological polar surface area (TPSA) is 15.8 Å². The van der Waals surface area contributed by atoms with Crippen molar-refractivity contribution in [2.24, 2.45) is 0 Å². The summed E-state index contributed by atoms with van der Waals surface area (Å²) >= 11 is 5.18. The summed E-state index contributed by atoms with van der Waals surface area (Å²) in [5.41, 5.74) is 3.77. The van der Waals surface area contributed by atoms with Crippen LogP contribution in [0, 0.1) is 11.6 Å². The lowest BCUT2D eigenvalue weighted by Gasteiger charge is -2.06. The van der Waals surface area contributed by atoms with Gasteiger partial charge >= 0.3 is 0 Å². The van der Waals surface area contributed by atoms with Crippen LogP contribution in [0.4, 0.5) is 0 Å². The quantitative estimate of drug-likeness (QED) is 0.698. The summed E-state index contributed by atoms with van der Waals surface area (Å²) in [5.74, 6) is 0. The Labute approximate surface area is 88.8 Å². The molecule has 0 fully saturated rings. The van der Waals surface area contributed by atoms with Crippen LogP contribution in [-0.4, -0.2) is 4.98 Å². The molecule has 1 N–H and O–H groups in total. The third kappa shape index (κ3) is 1.46. The number of fused-ring (bicyclic) bond motifs is 1. The van der Waals surface area contributed by atoms with E-state index in [1.165, 1.54) is 22.0 Å². The number of aromatic amines is 1. The summed E-state index contributed by atoms with van der Waals surface area (Å²) in [6.45, 7) is 4.26. The highest BCUT2D eigenvalue weighted by Gasteiger charge is 2.01. The number of aromatic nitrogens is 1. The summed E-state index contributed by atoms with van der Waals surface area (Å²) < 4.78 is 0.816. The van der Waals surface area contributed by atoms with Gasteiger partial charge in [-0.25, -0.2) is 0 Å². The number of nitrogens with one attached hydrogen (secondary N) is 1. The SMILES string of the molecule is CCc1cccc2c(C)cc(=S)[nH]c12. The molecular weight excluding hydrogens is 190 g/mol. The third-order valence-corrected chi connectivity index (χ3v) is 2.77. The predicted octanol–water partition coefficient (Wildman–Crippen LogP) is 3.77. The maximum absolute atomic E-state index is 5.18. The zero-order chi connectivity index (χ0) is 10.1. The summed E-state index contributed by atoms with van der Waals surface area (Å²) in [7, 11) is 0. The molecule has 1 aromatic carbocycles. The van der Waals surface area contributed by atoms with Crippen molar-refractivity contribution in [1.82, 2.24) is 4.98 Å². The summed E-state index contributed by atoms with van der Waals surface area (Å²) in [5, 5.41) is 1.28. The van der Waals surface area contributed by atoms with Crippen molar-refractivity contribution in [1.29, 1.82) is 0 Å². The van der Waals surface area contributed by atoms with Crippen molar-refractivity contribution in [2.45, 2.75) is 20.3 Å². The molecule has 2 rings (SSSR count). The first-order valence-electron chi connectivity index (χ1n) is 4.84. The molecule has 0 aliphatic carbocycles. The molecule has 0 aliphatic rings. The molecule has 0 radical (unpaired) electrons. The monoisotopic (exact) mass is 203 g/mol. The van der Waals surface area contributed by atoms with Crippen molar-refractivity contribution < 1.29 is 0 Å². The lowest BCUT2D eigenvalue weighted by Crippen LogP contribution is -1.89. The van der Waals surface area contributed by atoms with Crippen LogP contribution in [-0.2, 0) is 6.42 Å². The molecule has 2 aromatic rings. The zero-order valence-corrected chi connectivity index (χ0v) is 9.24. The Kier molecular flexibility index (Phi) is 2.38. The third-order valence-electron chi connectivity index (χ3n) is 2.55. The Hall–Kier alpha value is -1.15. The Morgan fingerprint density at radius 2 is 2.14 bits per heavy atom. The molecule has 0 spiro atoms. The van der Waals surface area contributed by atoms with Gasteiger partial charge < -0.3 is 4.98 Å². The van der Waals surface area contributed by atoms with E-state index in [0.717, 1.165) is 11.1 Å². The predicted molar refractivity (Wildman–Crippen MR) is 63.2 cm³/mol. The van der Waals surface area contributed by atoms with Crippen molar-refractivity contribution in [3.8, 4) is 0 Å². The maximum Gasteiger partial charge on any atom is 0.103 e. The number of aryl methyl sites for hydroxylation is 2. The van der Waals surface area contributed by atoms with E-state index in [0.29, 0.717) is 0 Å². The number of hydrogen-bond donors (Lipinski definition) is 1. The summed E-state index contributed by atoms with van der Waals surface area (Å²) in [4.78, 5) is 3.26. The van der Waals surface area contributed by atoms with Gasteiger partial charge in [0.25, 0.3) is 0 Å². The molecule has 0 amide bonds. The molecule has 0 bridgehead atoms. The van der Waals surface area contributed by atoms with Crippen LogP contribution in [0.15, 0.2) is 24.3 Å². The van der Waals surface area contributed by atoms with Gasteiger partial charge in [-0.2, -0.15) is 0 Å². The molecular formula is C12H13NS. The van der Waals surface area contributed by atoms with E-state index >= 15 is 0 Å². The van der Waals surface area contributed by atoms with Gasteiger partial charge in [-0.3, -0.25) is 0 Å². The molecule has 72 valence electrons. The smallest absolute Gasteiger partial charge is 0.103 e. The molecule has 0 saturated heterocycles. The fourth-order valence-corrected chi connectivity index (χ4v) is 2.08. The zero-order valence-electron chi connectivity index (χ0n) is 8.42. The minimum atomic E-state index is 0.816.